The molecule has 4 rings (SSSR count). The molecule has 2 aliphatic rings. The third-order valence-electron chi connectivity index (χ3n) is 5.67. The van der Waals surface area contributed by atoms with E-state index in [9.17, 15) is 14.0 Å². The molecule has 0 saturated heterocycles. The number of benzene rings is 2. The molecule has 0 bridgehead atoms. The molecule has 2 aromatic carbocycles. The topological polar surface area (TPSA) is 62.3 Å². The number of ether oxygens (including phenoxy) is 1. The summed E-state index contributed by atoms with van der Waals surface area (Å²) in [5.74, 6) is -0.371. The summed E-state index contributed by atoms with van der Waals surface area (Å²) in [4.78, 5) is 2.17. The fourth-order valence-electron chi connectivity index (χ4n) is 4.04. The van der Waals surface area contributed by atoms with Gasteiger partial charge in [0.05, 0.1) is 5.92 Å². The van der Waals surface area contributed by atoms with E-state index in [1.807, 2.05) is 6.20 Å². The quantitative estimate of drug-likeness (QED) is 0.768. The van der Waals surface area contributed by atoms with Crippen molar-refractivity contribution in [2.45, 2.75) is 32.2 Å². The molecule has 2 N–H and O–H groups in total. The van der Waals surface area contributed by atoms with Crippen LogP contribution >= 0.6 is 0 Å². The van der Waals surface area contributed by atoms with Crippen LogP contribution in [0.5, 0.6) is 0 Å². The van der Waals surface area contributed by atoms with Gasteiger partial charge in [0.25, 0.3) is 0 Å². The van der Waals surface area contributed by atoms with E-state index in [-0.39, 0.29) is 23.6 Å². The first-order valence-corrected chi connectivity index (χ1v) is 10.1. The van der Waals surface area contributed by atoms with E-state index in [0.29, 0.717) is 24.3 Å². The lowest BCUT2D eigenvalue weighted by Crippen LogP contribution is -2.36. The summed E-state index contributed by atoms with van der Waals surface area (Å²) in [6.45, 7) is 4.73. The first kappa shape index (κ1) is 20.7. The second-order valence-corrected chi connectivity index (χ2v) is 8.05. The van der Waals surface area contributed by atoms with Crippen LogP contribution in [0.4, 0.5) is 8.78 Å². The van der Waals surface area contributed by atoms with Gasteiger partial charge in [-0.15, -0.1) is 0 Å². The van der Waals surface area contributed by atoms with Crippen molar-refractivity contribution in [3.05, 3.63) is 106 Å². The highest BCUT2D eigenvalue weighted by Crippen LogP contribution is 2.44. The lowest BCUT2D eigenvalue weighted by Gasteiger charge is -2.38. The summed E-state index contributed by atoms with van der Waals surface area (Å²) in [7, 11) is 0. The fourth-order valence-corrected chi connectivity index (χ4v) is 4.04. The average molecular weight is 419 g/mol. The Kier molecular flexibility index (Phi) is 5.51. The number of nitriles is 1. The van der Waals surface area contributed by atoms with Crippen LogP contribution in [-0.4, -0.2) is 17.5 Å². The van der Waals surface area contributed by atoms with Gasteiger partial charge in [-0.2, -0.15) is 5.26 Å². The van der Waals surface area contributed by atoms with Gasteiger partial charge in [0.1, 0.15) is 29.0 Å². The number of hydrogen-bond donors (Lipinski definition) is 1. The van der Waals surface area contributed by atoms with Gasteiger partial charge >= 0.3 is 0 Å². The van der Waals surface area contributed by atoms with Crippen molar-refractivity contribution >= 4 is 0 Å². The molecule has 0 spiro atoms. The molecule has 0 radical (unpaired) electrons. The molecule has 6 heteroatoms. The highest BCUT2D eigenvalue weighted by molar-refractivity contribution is 5.54. The molecule has 1 unspecified atom stereocenters. The minimum absolute atomic E-state index is 0.0542. The van der Waals surface area contributed by atoms with Crippen molar-refractivity contribution in [2.75, 3.05) is 6.54 Å². The van der Waals surface area contributed by atoms with Gasteiger partial charge in [0.15, 0.2) is 0 Å². The Morgan fingerprint density at radius 3 is 2.29 bits per heavy atom. The van der Waals surface area contributed by atoms with Crippen molar-refractivity contribution in [3.63, 3.8) is 0 Å². The van der Waals surface area contributed by atoms with Crippen LogP contribution in [0.1, 0.15) is 30.9 Å². The monoisotopic (exact) mass is 419 g/mol. The van der Waals surface area contributed by atoms with Crippen molar-refractivity contribution in [1.82, 2.24) is 4.90 Å². The van der Waals surface area contributed by atoms with Gasteiger partial charge < -0.3 is 15.4 Å². The molecule has 2 aromatic rings. The lowest BCUT2D eigenvalue weighted by molar-refractivity contribution is 0.250. The second kappa shape index (κ2) is 8.27. The molecule has 158 valence electrons. The van der Waals surface area contributed by atoms with Crippen LogP contribution in [0.25, 0.3) is 0 Å². The summed E-state index contributed by atoms with van der Waals surface area (Å²) >= 11 is 0. The van der Waals surface area contributed by atoms with Crippen molar-refractivity contribution < 1.29 is 13.5 Å². The standard InChI is InChI=1S/C25H23F2N3O/c1-15(2)30-13-18(11-16-3-7-19(26)8-4-16)24-22(14-30)23(21(12-28)25(29)31-24)17-5-9-20(27)10-6-17/h3-10,13,15,23H,11,14,29H2,1-2H3. The maximum atomic E-state index is 13.6. The second-order valence-electron chi connectivity index (χ2n) is 8.05. The molecule has 31 heavy (non-hydrogen) atoms. The Balaban J connectivity index is 1.82. The van der Waals surface area contributed by atoms with Crippen LogP contribution < -0.4 is 5.73 Å². The normalized spacial score (nSPS) is 18.5. The van der Waals surface area contributed by atoms with E-state index in [1.165, 1.54) is 24.3 Å². The van der Waals surface area contributed by atoms with Crippen LogP contribution in [0, 0.1) is 23.0 Å². The largest absolute Gasteiger partial charge is 0.440 e. The molecule has 0 amide bonds. The molecule has 1 atom stereocenters. The summed E-state index contributed by atoms with van der Waals surface area (Å²) in [5.41, 5.74) is 9.99. The molecule has 2 aliphatic heterocycles. The first-order chi connectivity index (χ1) is 14.9. The van der Waals surface area contributed by atoms with Gasteiger partial charge in [0.2, 0.25) is 5.88 Å². The minimum atomic E-state index is -0.424. The van der Waals surface area contributed by atoms with E-state index >= 15 is 0 Å². The highest BCUT2D eigenvalue weighted by atomic mass is 19.1. The van der Waals surface area contributed by atoms with Crippen molar-refractivity contribution in [1.29, 1.82) is 5.26 Å². The zero-order valence-electron chi connectivity index (χ0n) is 17.4. The molecule has 2 heterocycles. The summed E-state index contributed by atoms with van der Waals surface area (Å²) in [6, 6.07) is 14.9. The number of halogens is 2. The zero-order valence-corrected chi connectivity index (χ0v) is 17.4. The number of nitrogens with two attached hydrogens (primary N) is 1. The van der Waals surface area contributed by atoms with Crippen LogP contribution in [0.2, 0.25) is 0 Å². The summed E-state index contributed by atoms with van der Waals surface area (Å²) in [5, 5.41) is 9.81. The Morgan fingerprint density at radius 1 is 1.10 bits per heavy atom. The van der Waals surface area contributed by atoms with Crippen LogP contribution in [0.3, 0.4) is 0 Å². The predicted octanol–water partition coefficient (Wildman–Crippen LogP) is 4.88. The SMILES string of the molecule is CC(C)N1C=C(Cc2ccc(F)cc2)C2=C(C1)C(c1ccc(F)cc1)C(C#N)=C(N)O2. The van der Waals surface area contributed by atoms with Gasteiger partial charge in [-0.3, -0.25) is 0 Å². The predicted molar refractivity (Wildman–Crippen MR) is 114 cm³/mol. The lowest BCUT2D eigenvalue weighted by atomic mass is 9.80. The third-order valence-corrected chi connectivity index (χ3v) is 5.67. The van der Waals surface area contributed by atoms with E-state index < -0.39 is 5.92 Å². The maximum absolute atomic E-state index is 13.6. The molecule has 4 nitrogen and oxygen atoms in total. The maximum Gasteiger partial charge on any atom is 0.205 e. The Labute approximate surface area is 180 Å². The third kappa shape index (κ3) is 4.04. The number of hydrogen-bond acceptors (Lipinski definition) is 4. The molecule has 0 saturated carbocycles. The molecule has 0 aromatic heterocycles. The summed E-state index contributed by atoms with van der Waals surface area (Å²) < 4.78 is 32.9. The van der Waals surface area contributed by atoms with Gasteiger partial charge in [-0.25, -0.2) is 8.78 Å². The molecule has 0 aliphatic carbocycles. The minimum Gasteiger partial charge on any atom is -0.440 e. The number of rotatable bonds is 4. The smallest absolute Gasteiger partial charge is 0.205 e. The van der Waals surface area contributed by atoms with Gasteiger partial charge in [-0.1, -0.05) is 24.3 Å². The van der Waals surface area contributed by atoms with Crippen LogP contribution in [-0.2, 0) is 11.2 Å². The van der Waals surface area contributed by atoms with Crippen LogP contribution in [0.15, 0.2) is 83.1 Å². The van der Waals surface area contributed by atoms with Gasteiger partial charge in [-0.05, 0) is 49.2 Å². The number of allylic oxidation sites excluding steroid dienone is 2. The van der Waals surface area contributed by atoms with Gasteiger partial charge in [0, 0.05) is 36.4 Å². The first-order valence-electron chi connectivity index (χ1n) is 10.1. The fraction of sp³-hybridized carbons (Fsp3) is 0.240. The highest BCUT2D eigenvalue weighted by Gasteiger charge is 2.37. The zero-order chi connectivity index (χ0) is 22.1. The Bertz CT molecular complexity index is 1120. The van der Waals surface area contributed by atoms with Crippen molar-refractivity contribution in [3.8, 4) is 6.07 Å². The van der Waals surface area contributed by atoms with E-state index in [4.69, 9.17) is 10.5 Å². The Hall–Kier alpha value is -3.59. The Morgan fingerprint density at radius 2 is 1.71 bits per heavy atom. The van der Waals surface area contributed by atoms with E-state index in [1.54, 1.807) is 24.3 Å². The van der Waals surface area contributed by atoms with E-state index in [2.05, 4.69) is 24.8 Å². The van der Waals surface area contributed by atoms with E-state index in [0.717, 1.165) is 22.3 Å². The molecule has 0 fully saturated rings. The number of nitrogens with zero attached hydrogens (tertiary/aromatic N) is 2. The van der Waals surface area contributed by atoms with Crippen molar-refractivity contribution in [2.24, 2.45) is 5.73 Å². The molecular weight excluding hydrogens is 396 g/mol. The average Bonchev–Trinajstić information content (AvgIpc) is 2.75. The molecular formula is C25H23F2N3O. The summed E-state index contributed by atoms with van der Waals surface area (Å²) in [6.07, 6.45) is 2.56.